The van der Waals surface area contributed by atoms with Crippen molar-refractivity contribution >= 4 is 29.3 Å². The summed E-state index contributed by atoms with van der Waals surface area (Å²) >= 11 is 0. The number of carbonyl (C=O) groups is 2. The van der Waals surface area contributed by atoms with Gasteiger partial charge in [0.1, 0.15) is 11.5 Å². The zero-order chi connectivity index (χ0) is 26.0. The van der Waals surface area contributed by atoms with E-state index in [1.54, 1.807) is 37.2 Å². The van der Waals surface area contributed by atoms with Crippen molar-refractivity contribution in [2.75, 3.05) is 18.5 Å². The topological polar surface area (TPSA) is 98.2 Å². The molecule has 1 atom stereocenters. The summed E-state index contributed by atoms with van der Waals surface area (Å²) in [5, 5.41) is 13.7. The molecule has 35 heavy (non-hydrogen) atoms. The Morgan fingerprint density at radius 3 is 2.57 bits per heavy atom. The van der Waals surface area contributed by atoms with Gasteiger partial charge in [0.15, 0.2) is 0 Å². The van der Waals surface area contributed by atoms with Gasteiger partial charge in [0.05, 0.1) is 5.41 Å². The molecule has 0 saturated carbocycles. The summed E-state index contributed by atoms with van der Waals surface area (Å²) in [7, 11) is 1.77. The third kappa shape index (κ3) is 5.26. The monoisotopic (exact) mass is 479 g/mol. The molecule has 0 spiro atoms. The molecule has 2 aromatic rings. The number of allylic oxidation sites excluding steroid dienone is 1. The van der Waals surface area contributed by atoms with Crippen LogP contribution in [0.25, 0.3) is 5.57 Å². The number of rotatable bonds is 7. The standard InChI is InChI=1S/C27H34FN5O2/c1-17(14-30-6)20-10-19(11-21(28)12-20)15-31-24(34)23-13-22(9-18(2)32-23)33-8-7-27(16-29,25(33)35)26(3,4)5/h9-14,16,29-30H,7-8,15H2,1-6H3,(H,31,34)/b17-14+,29-16?. The van der Waals surface area contributed by atoms with Crippen LogP contribution in [-0.4, -0.2) is 36.6 Å². The summed E-state index contributed by atoms with van der Waals surface area (Å²) in [5.41, 5.74) is 2.29. The minimum Gasteiger partial charge on any atom is -0.394 e. The first-order chi connectivity index (χ1) is 16.4. The number of nitrogens with zero attached hydrogens (tertiary/aromatic N) is 2. The van der Waals surface area contributed by atoms with Gasteiger partial charge in [0.2, 0.25) is 5.91 Å². The molecule has 1 aliphatic rings. The van der Waals surface area contributed by atoms with Crippen molar-refractivity contribution in [2.24, 2.45) is 10.8 Å². The number of hydrogen-bond donors (Lipinski definition) is 3. The molecule has 0 bridgehead atoms. The molecule has 186 valence electrons. The number of benzene rings is 1. The van der Waals surface area contributed by atoms with Crippen LogP contribution < -0.4 is 15.5 Å². The van der Waals surface area contributed by atoms with Gasteiger partial charge in [-0.15, -0.1) is 0 Å². The molecule has 1 aromatic carbocycles. The van der Waals surface area contributed by atoms with E-state index in [2.05, 4.69) is 15.6 Å². The van der Waals surface area contributed by atoms with Gasteiger partial charge >= 0.3 is 0 Å². The van der Waals surface area contributed by atoms with Crippen LogP contribution >= 0.6 is 0 Å². The average molecular weight is 480 g/mol. The van der Waals surface area contributed by atoms with E-state index in [1.807, 2.05) is 33.8 Å². The number of anilines is 1. The number of nitrogens with one attached hydrogen (secondary N) is 3. The maximum absolute atomic E-state index is 14.1. The summed E-state index contributed by atoms with van der Waals surface area (Å²) in [6.45, 7) is 10.1. The molecule has 3 rings (SSSR count). The van der Waals surface area contributed by atoms with Crippen LogP contribution in [0.2, 0.25) is 0 Å². The molecule has 1 unspecified atom stereocenters. The quantitative estimate of drug-likeness (QED) is 0.511. The summed E-state index contributed by atoms with van der Waals surface area (Å²) < 4.78 is 14.1. The maximum atomic E-state index is 14.1. The van der Waals surface area contributed by atoms with Gasteiger partial charge in [-0.05, 0) is 78.9 Å². The Bertz CT molecular complexity index is 1180. The SMILES string of the molecule is CN/C=C(\C)c1cc(F)cc(CNC(=O)c2cc(N3CCC(C=N)(C(C)(C)C)C3=O)cc(C)n2)c1. The van der Waals surface area contributed by atoms with E-state index in [-0.39, 0.29) is 24.0 Å². The second-order valence-electron chi connectivity index (χ2n) is 10.1. The van der Waals surface area contributed by atoms with E-state index in [9.17, 15) is 14.0 Å². The second kappa shape index (κ2) is 9.98. The zero-order valence-electron chi connectivity index (χ0n) is 21.3. The average Bonchev–Trinajstić information content (AvgIpc) is 3.14. The van der Waals surface area contributed by atoms with Gasteiger partial charge in [-0.2, -0.15) is 0 Å². The third-order valence-electron chi connectivity index (χ3n) is 6.65. The van der Waals surface area contributed by atoms with E-state index >= 15 is 0 Å². The minimum atomic E-state index is -0.887. The largest absolute Gasteiger partial charge is 0.394 e. The lowest BCUT2D eigenvalue weighted by atomic mass is 9.66. The molecule has 2 heterocycles. The van der Waals surface area contributed by atoms with Crippen LogP contribution in [0.4, 0.5) is 10.1 Å². The number of hydrogen-bond acceptors (Lipinski definition) is 5. The number of aromatic nitrogens is 1. The van der Waals surface area contributed by atoms with E-state index in [0.29, 0.717) is 29.9 Å². The van der Waals surface area contributed by atoms with Crippen molar-refractivity contribution in [3.05, 3.63) is 64.9 Å². The highest BCUT2D eigenvalue weighted by Gasteiger charge is 2.53. The minimum absolute atomic E-state index is 0.130. The highest BCUT2D eigenvalue weighted by molar-refractivity contribution is 6.10. The highest BCUT2D eigenvalue weighted by atomic mass is 19.1. The number of carbonyl (C=O) groups excluding carboxylic acids is 2. The lowest BCUT2D eigenvalue weighted by Gasteiger charge is -2.36. The van der Waals surface area contributed by atoms with Crippen molar-refractivity contribution in [1.82, 2.24) is 15.6 Å². The molecule has 0 radical (unpaired) electrons. The van der Waals surface area contributed by atoms with E-state index in [0.717, 1.165) is 11.1 Å². The Morgan fingerprint density at radius 1 is 1.26 bits per heavy atom. The molecule has 1 saturated heterocycles. The van der Waals surface area contributed by atoms with Gasteiger partial charge in [-0.1, -0.05) is 20.8 Å². The van der Waals surface area contributed by atoms with Crippen LogP contribution in [0, 0.1) is 29.0 Å². The van der Waals surface area contributed by atoms with Gasteiger partial charge in [0.25, 0.3) is 5.91 Å². The molecule has 3 N–H and O–H groups in total. The summed E-state index contributed by atoms with van der Waals surface area (Å²) in [4.78, 5) is 32.3. The van der Waals surface area contributed by atoms with Crippen molar-refractivity contribution < 1.29 is 14.0 Å². The van der Waals surface area contributed by atoms with Crippen molar-refractivity contribution in [2.45, 2.75) is 47.6 Å². The number of pyridine rings is 1. The van der Waals surface area contributed by atoms with Crippen molar-refractivity contribution in [3.8, 4) is 0 Å². The van der Waals surface area contributed by atoms with Crippen molar-refractivity contribution in [3.63, 3.8) is 0 Å². The molecule has 8 heteroatoms. The summed E-state index contributed by atoms with van der Waals surface area (Å²) in [5.74, 6) is -0.939. The third-order valence-corrected chi connectivity index (χ3v) is 6.65. The fourth-order valence-electron chi connectivity index (χ4n) is 4.51. The lowest BCUT2D eigenvalue weighted by Crippen LogP contribution is -2.44. The number of amides is 2. The predicted molar refractivity (Wildman–Crippen MR) is 137 cm³/mol. The molecular formula is C27H34FN5O2. The van der Waals surface area contributed by atoms with Crippen LogP contribution in [0.1, 0.15) is 61.4 Å². The Kier molecular flexibility index (Phi) is 7.43. The predicted octanol–water partition coefficient (Wildman–Crippen LogP) is 4.46. The smallest absolute Gasteiger partial charge is 0.270 e. The first kappa shape index (κ1) is 26.1. The van der Waals surface area contributed by atoms with E-state index < -0.39 is 16.7 Å². The highest BCUT2D eigenvalue weighted by Crippen LogP contribution is 2.46. The maximum Gasteiger partial charge on any atom is 0.270 e. The van der Waals surface area contributed by atoms with E-state index in [4.69, 9.17) is 5.41 Å². The van der Waals surface area contributed by atoms with Crippen LogP contribution in [0.15, 0.2) is 36.5 Å². The fourth-order valence-corrected chi connectivity index (χ4v) is 4.51. The van der Waals surface area contributed by atoms with Gasteiger partial charge < -0.3 is 20.9 Å². The Balaban J connectivity index is 1.81. The van der Waals surface area contributed by atoms with Crippen LogP contribution in [-0.2, 0) is 11.3 Å². The molecule has 0 aliphatic carbocycles. The first-order valence-electron chi connectivity index (χ1n) is 11.7. The van der Waals surface area contributed by atoms with Gasteiger partial charge in [0, 0.05) is 37.7 Å². The first-order valence-corrected chi connectivity index (χ1v) is 11.7. The van der Waals surface area contributed by atoms with Crippen LogP contribution in [0.3, 0.4) is 0 Å². The van der Waals surface area contributed by atoms with Crippen LogP contribution in [0.5, 0.6) is 0 Å². The van der Waals surface area contributed by atoms with Gasteiger partial charge in [-0.25, -0.2) is 9.37 Å². The van der Waals surface area contributed by atoms with E-state index in [1.165, 1.54) is 18.3 Å². The molecule has 1 aliphatic heterocycles. The normalized spacial score (nSPS) is 18.5. The molecule has 2 amide bonds. The zero-order valence-corrected chi connectivity index (χ0v) is 21.3. The summed E-state index contributed by atoms with van der Waals surface area (Å²) in [6.07, 6.45) is 3.57. The second-order valence-corrected chi connectivity index (χ2v) is 10.1. The Labute approximate surface area is 206 Å². The summed E-state index contributed by atoms with van der Waals surface area (Å²) in [6, 6.07) is 8.03. The van der Waals surface area contributed by atoms with Crippen molar-refractivity contribution in [1.29, 1.82) is 5.41 Å². The Morgan fingerprint density at radius 2 is 1.97 bits per heavy atom. The lowest BCUT2D eigenvalue weighted by molar-refractivity contribution is -0.126. The number of aryl methyl sites for hydroxylation is 1. The fraction of sp³-hybridized carbons (Fsp3) is 0.407. The molecule has 7 nitrogen and oxygen atoms in total. The molecular weight excluding hydrogens is 445 g/mol. The molecule has 1 fully saturated rings. The number of halogens is 1. The van der Waals surface area contributed by atoms with Gasteiger partial charge in [-0.3, -0.25) is 9.59 Å². The molecule has 1 aromatic heterocycles. The Hall–Kier alpha value is -3.55.